The Bertz CT molecular complexity index is 1310. The summed E-state index contributed by atoms with van der Waals surface area (Å²) in [6.07, 6.45) is 0. The highest BCUT2D eigenvalue weighted by Gasteiger charge is 2.66. The summed E-state index contributed by atoms with van der Waals surface area (Å²) >= 11 is 0. The van der Waals surface area contributed by atoms with Gasteiger partial charge in [0.05, 0.1) is 16.8 Å². The van der Waals surface area contributed by atoms with Crippen LogP contribution >= 0.6 is 0 Å². The first kappa shape index (κ1) is 18.9. The van der Waals surface area contributed by atoms with Crippen LogP contribution in [0.4, 0.5) is 11.4 Å². The minimum atomic E-state index is -0.687. The third-order valence-corrected chi connectivity index (χ3v) is 7.61. The van der Waals surface area contributed by atoms with Crippen LogP contribution in [0.15, 0.2) is 66.7 Å². The van der Waals surface area contributed by atoms with Gasteiger partial charge in [-0.1, -0.05) is 61.5 Å². The lowest BCUT2D eigenvalue weighted by Crippen LogP contribution is -2.51. The van der Waals surface area contributed by atoms with Crippen molar-refractivity contribution in [3.8, 4) is 0 Å². The van der Waals surface area contributed by atoms with Crippen LogP contribution in [-0.2, 0) is 15.0 Å². The normalized spacial score (nSPS) is 27.2. The number of amides is 2. The Morgan fingerprint density at radius 2 is 1.50 bits per heavy atom. The van der Waals surface area contributed by atoms with Crippen molar-refractivity contribution in [2.24, 2.45) is 11.8 Å². The molecule has 0 N–H and O–H groups in total. The van der Waals surface area contributed by atoms with E-state index in [9.17, 15) is 19.7 Å². The molecule has 2 bridgehead atoms. The van der Waals surface area contributed by atoms with Crippen molar-refractivity contribution < 1.29 is 14.5 Å². The lowest BCUT2D eigenvalue weighted by Gasteiger charge is -2.52. The standard InChI is InChI=1S/C26H20N2O4/c1-14-11-12-19(20(13-14)28(31)32)27-24(29)22-21-15-7-3-5-9-17(15)26(2,23(22)25(27)30)18-10-6-4-8-16(18)21/h3-13,21-23H,1-2H3/t21?,22-,23-,26?/m1/s1. The Morgan fingerprint density at radius 3 is 2.09 bits per heavy atom. The van der Waals surface area contributed by atoms with Crippen LogP contribution in [0.5, 0.6) is 0 Å². The monoisotopic (exact) mass is 424 g/mol. The molecule has 7 rings (SSSR count). The van der Waals surface area contributed by atoms with Crippen molar-refractivity contribution in [3.63, 3.8) is 0 Å². The molecule has 6 heteroatoms. The summed E-state index contributed by atoms with van der Waals surface area (Å²) in [5.74, 6) is -2.15. The molecular formula is C26H20N2O4. The van der Waals surface area contributed by atoms with Crippen LogP contribution in [0.1, 0.15) is 40.7 Å². The van der Waals surface area contributed by atoms with Gasteiger partial charge in [-0.05, 0) is 40.8 Å². The minimum absolute atomic E-state index is 0.0566. The van der Waals surface area contributed by atoms with Crippen molar-refractivity contribution in [3.05, 3.63) is 105 Å². The number of carbonyl (C=O) groups is 2. The second-order valence-corrected chi connectivity index (χ2v) is 9.12. The fourth-order valence-corrected chi connectivity index (χ4v) is 6.36. The maximum absolute atomic E-state index is 13.9. The summed E-state index contributed by atoms with van der Waals surface area (Å²) in [6.45, 7) is 3.79. The highest BCUT2D eigenvalue weighted by Crippen LogP contribution is 2.64. The lowest BCUT2D eigenvalue weighted by atomic mass is 9.48. The molecule has 1 aliphatic heterocycles. The summed E-state index contributed by atoms with van der Waals surface area (Å²) in [5.41, 5.74) is 4.10. The quantitative estimate of drug-likeness (QED) is 0.345. The number of hydrogen-bond acceptors (Lipinski definition) is 4. The number of anilines is 1. The molecule has 1 heterocycles. The van der Waals surface area contributed by atoms with Gasteiger partial charge in [0.25, 0.3) is 5.69 Å². The van der Waals surface area contributed by atoms with Gasteiger partial charge in [-0.3, -0.25) is 19.7 Å². The predicted molar refractivity (Wildman–Crippen MR) is 118 cm³/mol. The number of nitro groups is 1. The maximum Gasteiger partial charge on any atom is 0.293 e. The van der Waals surface area contributed by atoms with Crippen LogP contribution in [0, 0.1) is 28.9 Å². The highest BCUT2D eigenvalue weighted by atomic mass is 16.6. The van der Waals surface area contributed by atoms with Gasteiger partial charge in [-0.2, -0.15) is 0 Å². The van der Waals surface area contributed by atoms with Gasteiger partial charge in [0.15, 0.2) is 0 Å². The zero-order valence-electron chi connectivity index (χ0n) is 17.6. The largest absolute Gasteiger partial charge is 0.293 e. The summed E-state index contributed by atoms with van der Waals surface area (Å²) in [5, 5.41) is 11.8. The summed E-state index contributed by atoms with van der Waals surface area (Å²) in [4.78, 5) is 40.1. The molecule has 1 saturated heterocycles. The van der Waals surface area contributed by atoms with Gasteiger partial charge in [0.2, 0.25) is 11.8 Å². The zero-order valence-corrected chi connectivity index (χ0v) is 17.6. The minimum Gasteiger partial charge on any atom is -0.274 e. The Hall–Kier alpha value is -3.80. The number of nitrogens with zero attached hydrogens (tertiary/aromatic N) is 2. The SMILES string of the molecule is Cc1ccc(N2C(=O)[C@@H]3C4c5ccccc5C(C)(c5ccccc54)[C@H]3C2=O)c([N+](=O)[O-])c1. The van der Waals surface area contributed by atoms with E-state index < -0.39 is 22.2 Å². The van der Waals surface area contributed by atoms with E-state index in [4.69, 9.17) is 0 Å². The second-order valence-electron chi connectivity index (χ2n) is 9.12. The van der Waals surface area contributed by atoms with E-state index in [-0.39, 0.29) is 29.1 Å². The Kier molecular flexibility index (Phi) is 3.62. The summed E-state index contributed by atoms with van der Waals surface area (Å²) in [7, 11) is 0. The van der Waals surface area contributed by atoms with Crippen LogP contribution in [0.2, 0.25) is 0 Å². The molecule has 32 heavy (non-hydrogen) atoms. The molecule has 0 unspecified atom stereocenters. The molecule has 2 amide bonds. The zero-order chi connectivity index (χ0) is 22.4. The molecule has 0 radical (unpaired) electrons. The smallest absolute Gasteiger partial charge is 0.274 e. The molecular weight excluding hydrogens is 404 g/mol. The van der Waals surface area contributed by atoms with E-state index in [2.05, 4.69) is 0 Å². The maximum atomic E-state index is 13.9. The van der Waals surface area contributed by atoms with Crippen molar-refractivity contribution in [2.45, 2.75) is 25.2 Å². The molecule has 2 atom stereocenters. The number of aryl methyl sites for hydroxylation is 1. The van der Waals surface area contributed by atoms with Gasteiger partial charge in [-0.15, -0.1) is 0 Å². The molecule has 3 aliphatic carbocycles. The summed E-state index contributed by atoms with van der Waals surface area (Å²) < 4.78 is 0. The van der Waals surface area contributed by atoms with E-state index >= 15 is 0 Å². The Labute approximate surface area is 184 Å². The molecule has 0 saturated carbocycles. The van der Waals surface area contributed by atoms with E-state index in [1.54, 1.807) is 13.0 Å². The second kappa shape index (κ2) is 6.13. The fourth-order valence-electron chi connectivity index (χ4n) is 6.36. The molecule has 1 fully saturated rings. The Balaban J connectivity index is 1.61. The van der Waals surface area contributed by atoms with Crippen LogP contribution in [0.25, 0.3) is 0 Å². The third-order valence-electron chi connectivity index (χ3n) is 7.61. The topological polar surface area (TPSA) is 80.5 Å². The average molecular weight is 424 g/mol. The number of carbonyl (C=O) groups excluding carboxylic acids is 2. The molecule has 0 aromatic heterocycles. The number of benzene rings is 3. The molecule has 3 aromatic carbocycles. The van der Waals surface area contributed by atoms with Crippen LogP contribution in [-0.4, -0.2) is 16.7 Å². The predicted octanol–water partition coefficient (Wildman–Crippen LogP) is 4.47. The number of hydrogen-bond donors (Lipinski definition) is 0. The van der Waals surface area contributed by atoms with Gasteiger partial charge in [0, 0.05) is 17.4 Å². The van der Waals surface area contributed by atoms with E-state index in [0.29, 0.717) is 5.56 Å². The highest BCUT2D eigenvalue weighted by molar-refractivity contribution is 6.24. The van der Waals surface area contributed by atoms with E-state index in [1.807, 2.05) is 55.5 Å². The first-order chi connectivity index (χ1) is 15.4. The number of imide groups is 1. The number of rotatable bonds is 2. The van der Waals surface area contributed by atoms with Gasteiger partial charge in [0.1, 0.15) is 5.69 Å². The first-order valence-corrected chi connectivity index (χ1v) is 10.7. The van der Waals surface area contributed by atoms with Crippen LogP contribution < -0.4 is 4.90 Å². The average Bonchev–Trinajstić information content (AvgIpc) is 3.06. The lowest BCUT2D eigenvalue weighted by molar-refractivity contribution is -0.384. The Morgan fingerprint density at radius 1 is 0.906 bits per heavy atom. The third kappa shape index (κ3) is 2.09. The van der Waals surface area contributed by atoms with Gasteiger partial charge < -0.3 is 0 Å². The van der Waals surface area contributed by atoms with Gasteiger partial charge in [-0.25, -0.2) is 4.90 Å². The number of nitro benzene ring substituents is 1. The first-order valence-electron chi connectivity index (χ1n) is 10.7. The van der Waals surface area contributed by atoms with Crippen molar-refractivity contribution in [1.29, 1.82) is 0 Å². The van der Waals surface area contributed by atoms with Crippen molar-refractivity contribution in [2.75, 3.05) is 4.90 Å². The summed E-state index contributed by atoms with van der Waals surface area (Å²) in [6, 6.07) is 20.7. The molecule has 6 nitrogen and oxygen atoms in total. The molecule has 0 spiro atoms. The molecule has 158 valence electrons. The fraction of sp³-hybridized carbons (Fsp3) is 0.231. The molecule has 4 aliphatic rings. The van der Waals surface area contributed by atoms with Crippen molar-refractivity contribution >= 4 is 23.2 Å². The van der Waals surface area contributed by atoms with Crippen LogP contribution in [0.3, 0.4) is 0 Å². The van der Waals surface area contributed by atoms with Gasteiger partial charge >= 0.3 is 0 Å². The van der Waals surface area contributed by atoms with E-state index in [0.717, 1.165) is 27.2 Å². The molecule has 3 aromatic rings. The van der Waals surface area contributed by atoms with E-state index in [1.165, 1.54) is 12.1 Å². The van der Waals surface area contributed by atoms with Crippen molar-refractivity contribution in [1.82, 2.24) is 0 Å².